The third-order valence-electron chi connectivity index (χ3n) is 3.42. The zero-order valence-corrected chi connectivity index (χ0v) is 14.0. The molecule has 1 aliphatic rings. The number of benzene rings is 1. The van der Waals surface area contributed by atoms with Crippen LogP contribution in [0, 0.1) is 0 Å². The van der Waals surface area contributed by atoms with E-state index in [0.717, 1.165) is 10.6 Å². The van der Waals surface area contributed by atoms with Crippen LogP contribution in [-0.4, -0.2) is 23.5 Å². The van der Waals surface area contributed by atoms with Crippen LogP contribution >= 0.6 is 27.5 Å². The van der Waals surface area contributed by atoms with Crippen LogP contribution in [0.2, 0.25) is 5.02 Å². The summed E-state index contributed by atoms with van der Waals surface area (Å²) in [6, 6.07) is 4.11. The molecule has 0 atom stereocenters. The van der Waals surface area contributed by atoms with Crippen molar-refractivity contribution in [1.82, 2.24) is 9.88 Å². The predicted molar refractivity (Wildman–Crippen MR) is 87.5 cm³/mol. The molecule has 2 heterocycles. The van der Waals surface area contributed by atoms with Crippen molar-refractivity contribution in [2.45, 2.75) is 0 Å². The van der Waals surface area contributed by atoms with Gasteiger partial charge in [0.05, 0.1) is 28.9 Å². The Morgan fingerprint density at radius 2 is 1.91 bits per heavy atom. The van der Waals surface area contributed by atoms with Gasteiger partial charge in [-0.05, 0) is 28.1 Å². The molecule has 0 spiro atoms. The highest BCUT2D eigenvalue weighted by molar-refractivity contribution is 9.10. The predicted octanol–water partition coefficient (Wildman–Crippen LogP) is 1.73. The number of hydrogen-bond donors (Lipinski definition) is 2. The molecule has 0 fully saturated rings. The molecule has 0 radical (unpaired) electrons. The van der Waals surface area contributed by atoms with Gasteiger partial charge in [-0.15, -0.1) is 0 Å². The van der Waals surface area contributed by atoms with Crippen LogP contribution in [0.25, 0.3) is 5.69 Å². The zero-order valence-electron chi connectivity index (χ0n) is 11.6. The number of methoxy groups -OCH3 is 1. The van der Waals surface area contributed by atoms with Crippen LogP contribution in [0.5, 0.6) is 5.75 Å². The fraction of sp³-hybridized carbons (Fsp3) is 0.0714. The summed E-state index contributed by atoms with van der Waals surface area (Å²) in [5, 5.41) is 2.37. The Hall–Kier alpha value is -2.32. The second-order valence-corrected chi connectivity index (χ2v) is 5.97. The van der Waals surface area contributed by atoms with Crippen LogP contribution < -0.4 is 21.3 Å². The van der Waals surface area contributed by atoms with E-state index in [9.17, 15) is 14.4 Å². The third-order valence-corrected chi connectivity index (χ3v) is 4.35. The highest BCUT2D eigenvalue weighted by Gasteiger charge is 2.32. The summed E-state index contributed by atoms with van der Waals surface area (Å²) in [5.41, 5.74) is 5.66. The molecule has 0 bridgehead atoms. The first-order valence-corrected chi connectivity index (χ1v) is 7.47. The number of pyridine rings is 1. The second-order valence-electron chi connectivity index (χ2n) is 4.71. The van der Waals surface area contributed by atoms with Gasteiger partial charge in [-0.1, -0.05) is 11.6 Å². The van der Waals surface area contributed by atoms with E-state index < -0.39 is 17.4 Å². The van der Waals surface area contributed by atoms with E-state index in [-0.39, 0.29) is 22.0 Å². The van der Waals surface area contributed by atoms with Crippen molar-refractivity contribution in [3.05, 3.63) is 49.2 Å². The second kappa shape index (κ2) is 5.39. The Morgan fingerprint density at radius 1 is 1.22 bits per heavy atom. The van der Waals surface area contributed by atoms with Gasteiger partial charge in [0, 0.05) is 10.5 Å². The molecule has 0 unspecified atom stereocenters. The van der Waals surface area contributed by atoms with Crippen molar-refractivity contribution >= 4 is 45.2 Å². The number of fused-ring (bicyclic) bond motifs is 1. The maximum absolute atomic E-state index is 12.4. The number of hydrogen-bond acceptors (Lipinski definition) is 5. The number of aromatic nitrogens is 1. The van der Waals surface area contributed by atoms with Crippen molar-refractivity contribution < 1.29 is 14.3 Å². The van der Waals surface area contributed by atoms with Crippen molar-refractivity contribution in [3.63, 3.8) is 0 Å². The number of nitrogens with one attached hydrogen (secondary N) is 1. The average Bonchev–Trinajstić information content (AvgIpc) is 2.76. The molecule has 2 amide bonds. The minimum Gasteiger partial charge on any atom is -0.495 e. The lowest BCUT2D eigenvalue weighted by atomic mass is 10.1. The molecule has 0 saturated carbocycles. The summed E-state index contributed by atoms with van der Waals surface area (Å²) in [6.45, 7) is 0. The Morgan fingerprint density at radius 3 is 2.57 bits per heavy atom. The first kappa shape index (κ1) is 15.6. The molecule has 23 heavy (non-hydrogen) atoms. The lowest BCUT2D eigenvalue weighted by Gasteiger charge is -2.15. The van der Waals surface area contributed by atoms with Crippen LogP contribution in [-0.2, 0) is 0 Å². The van der Waals surface area contributed by atoms with Gasteiger partial charge in [-0.2, -0.15) is 0 Å². The molecule has 7 nitrogen and oxygen atoms in total. The standard InChI is InChI=1S/C14H9BrClN3O4/c1-23-9-3-6(15)8(4-7(9)16)19-10(20)2-5-11(12(19)17)14(22)18-13(5)21/h2-4H,17H2,1H3,(H,18,21,22). The van der Waals surface area contributed by atoms with Crippen LogP contribution in [0.3, 0.4) is 0 Å². The van der Waals surface area contributed by atoms with E-state index in [4.69, 9.17) is 22.1 Å². The van der Waals surface area contributed by atoms with Gasteiger partial charge in [0.1, 0.15) is 11.6 Å². The molecule has 0 aliphatic carbocycles. The summed E-state index contributed by atoms with van der Waals surface area (Å²) in [7, 11) is 1.46. The van der Waals surface area contributed by atoms with Crippen molar-refractivity contribution in [1.29, 1.82) is 0 Å². The number of imide groups is 1. The summed E-state index contributed by atoms with van der Waals surface area (Å²) < 4.78 is 6.68. The summed E-state index contributed by atoms with van der Waals surface area (Å²) in [4.78, 5) is 35.9. The Kier molecular flexibility index (Phi) is 3.65. The van der Waals surface area contributed by atoms with Crippen LogP contribution in [0.1, 0.15) is 20.7 Å². The number of ether oxygens (including phenoxy) is 1. The maximum Gasteiger partial charge on any atom is 0.262 e. The number of carbonyl (C=O) groups excluding carboxylic acids is 2. The van der Waals surface area contributed by atoms with Crippen molar-refractivity contribution in [2.75, 3.05) is 12.8 Å². The molecule has 3 rings (SSSR count). The lowest BCUT2D eigenvalue weighted by molar-refractivity contribution is 0.0880. The minimum atomic E-state index is -0.646. The van der Waals surface area contributed by atoms with Gasteiger partial charge >= 0.3 is 0 Å². The molecule has 9 heteroatoms. The van der Waals surface area contributed by atoms with E-state index >= 15 is 0 Å². The van der Waals surface area contributed by atoms with Crippen molar-refractivity contribution in [3.8, 4) is 11.4 Å². The molecule has 1 aromatic carbocycles. The Balaban J connectivity index is 2.33. The molecule has 3 N–H and O–H groups in total. The minimum absolute atomic E-state index is 0.0339. The number of rotatable bonds is 2. The Labute approximate surface area is 143 Å². The van der Waals surface area contributed by atoms with Gasteiger partial charge in [0.15, 0.2) is 0 Å². The first-order valence-electron chi connectivity index (χ1n) is 6.29. The van der Waals surface area contributed by atoms with Crippen LogP contribution in [0.4, 0.5) is 5.82 Å². The number of nitrogens with two attached hydrogens (primary N) is 1. The summed E-state index contributed by atoms with van der Waals surface area (Å²) in [5.74, 6) is -1.03. The van der Waals surface area contributed by atoms with E-state index in [1.54, 1.807) is 6.07 Å². The third kappa shape index (κ3) is 2.30. The normalized spacial score (nSPS) is 13.0. The van der Waals surface area contributed by atoms with E-state index in [1.165, 1.54) is 13.2 Å². The van der Waals surface area contributed by atoms with E-state index in [2.05, 4.69) is 21.2 Å². The summed E-state index contributed by atoms with van der Waals surface area (Å²) in [6.07, 6.45) is 0. The molecular weight excluding hydrogens is 390 g/mol. The molecule has 118 valence electrons. The van der Waals surface area contributed by atoms with Gasteiger partial charge in [0.25, 0.3) is 17.4 Å². The highest BCUT2D eigenvalue weighted by atomic mass is 79.9. The molecule has 1 aliphatic heterocycles. The lowest BCUT2D eigenvalue weighted by Crippen LogP contribution is -2.24. The quantitative estimate of drug-likeness (QED) is 0.750. The largest absolute Gasteiger partial charge is 0.495 e. The van der Waals surface area contributed by atoms with E-state index in [0.29, 0.717) is 15.9 Å². The molecular formula is C14H9BrClN3O4. The summed E-state index contributed by atoms with van der Waals surface area (Å²) >= 11 is 9.40. The van der Waals surface area contributed by atoms with Gasteiger partial charge in [0.2, 0.25) is 0 Å². The van der Waals surface area contributed by atoms with Gasteiger partial charge < -0.3 is 10.5 Å². The number of amides is 2. The van der Waals surface area contributed by atoms with Gasteiger partial charge in [-0.3, -0.25) is 24.3 Å². The fourth-order valence-electron chi connectivity index (χ4n) is 2.37. The molecule has 2 aromatic rings. The Bertz CT molecular complexity index is 939. The number of carbonyl (C=O) groups is 2. The van der Waals surface area contributed by atoms with E-state index in [1.807, 2.05) is 0 Å². The molecule has 1 aromatic heterocycles. The van der Waals surface area contributed by atoms with Gasteiger partial charge in [-0.25, -0.2) is 0 Å². The highest BCUT2D eigenvalue weighted by Crippen LogP contribution is 2.34. The average molecular weight is 399 g/mol. The first-order chi connectivity index (χ1) is 10.8. The monoisotopic (exact) mass is 397 g/mol. The molecule has 0 saturated heterocycles. The maximum atomic E-state index is 12.4. The number of anilines is 1. The number of halogens is 2. The number of nitrogens with zero attached hydrogens (tertiary/aromatic N) is 1. The SMILES string of the molecule is COc1cc(Br)c(-n2c(N)c3c(cc2=O)C(=O)NC3=O)cc1Cl. The number of nitrogen functional groups attached to an aromatic ring is 1. The van der Waals surface area contributed by atoms with Crippen LogP contribution in [0.15, 0.2) is 27.5 Å². The van der Waals surface area contributed by atoms with Crippen molar-refractivity contribution in [2.24, 2.45) is 0 Å². The zero-order chi connectivity index (χ0) is 16.9. The topological polar surface area (TPSA) is 103 Å². The smallest absolute Gasteiger partial charge is 0.262 e. The fourth-order valence-corrected chi connectivity index (χ4v) is 3.11.